The zero-order chi connectivity index (χ0) is 15.4. The van der Waals surface area contributed by atoms with Crippen molar-refractivity contribution in [3.8, 4) is 5.75 Å². The Bertz CT molecular complexity index is 658. The molecule has 0 spiro atoms. The number of hydrogen-bond acceptors (Lipinski definition) is 7. The smallest absolute Gasteiger partial charge is 0.325 e. The summed E-state index contributed by atoms with van der Waals surface area (Å²) in [6.07, 6.45) is 1.75. The fourth-order valence-corrected chi connectivity index (χ4v) is 2.78. The van der Waals surface area contributed by atoms with E-state index >= 15 is 0 Å². The zero-order valence-electron chi connectivity index (χ0n) is 11.9. The monoisotopic (exact) mass is 309 g/mol. The summed E-state index contributed by atoms with van der Waals surface area (Å²) in [7, 11) is 1.62. The Hall–Kier alpha value is -2.16. The first kappa shape index (κ1) is 15.2. The summed E-state index contributed by atoms with van der Waals surface area (Å²) < 4.78 is 6.60. The molecule has 8 nitrogen and oxygen atoms in total. The molecule has 0 aliphatic heterocycles. The van der Waals surface area contributed by atoms with Crippen molar-refractivity contribution >= 4 is 17.7 Å². The van der Waals surface area contributed by atoms with Gasteiger partial charge in [-0.15, -0.1) is 5.10 Å². The van der Waals surface area contributed by atoms with Gasteiger partial charge in [0.2, 0.25) is 5.16 Å². The van der Waals surface area contributed by atoms with Gasteiger partial charge in [0.15, 0.2) is 0 Å². The van der Waals surface area contributed by atoms with Crippen LogP contribution in [0.15, 0.2) is 11.4 Å². The second-order valence-electron chi connectivity index (χ2n) is 4.35. The van der Waals surface area contributed by atoms with Crippen molar-refractivity contribution in [3.05, 3.63) is 23.0 Å². The van der Waals surface area contributed by atoms with E-state index in [9.17, 15) is 4.79 Å². The van der Waals surface area contributed by atoms with Crippen molar-refractivity contribution in [2.75, 3.05) is 7.11 Å². The zero-order valence-corrected chi connectivity index (χ0v) is 12.7. The molecule has 2 heterocycles. The standard InChI is InChI=1S/C12H15N5O3S/c1-7-4-13-9(8(2)11(7)20-3)6-21-12-14-15-16-17(12)5-10(18)19/h4H,5-6H2,1-3H3,(H,18,19). The number of carboxylic acid groups (broad SMARTS) is 1. The predicted molar refractivity (Wildman–Crippen MR) is 75.3 cm³/mol. The molecule has 0 atom stereocenters. The van der Waals surface area contributed by atoms with Gasteiger partial charge in [0.1, 0.15) is 12.3 Å². The minimum absolute atomic E-state index is 0.265. The van der Waals surface area contributed by atoms with E-state index in [0.717, 1.165) is 22.6 Å². The van der Waals surface area contributed by atoms with Crippen molar-refractivity contribution < 1.29 is 14.6 Å². The minimum atomic E-state index is -0.990. The highest BCUT2D eigenvalue weighted by Crippen LogP contribution is 2.28. The number of aliphatic carboxylic acids is 1. The Kier molecular flexibility index (Phi) is 4.73. The van der Waals surface area contributed by atoms with Crippen molar-refractivity contribution in [2.45, 2.75) is 31.3 Å². The van der Waals surface area contributed by atoms with Gasteiger partial charge in [-0.3, -0.25) is 9.78 Å². The molecule has 0 aromatic carbocycles. The molecule has 0 bridgehead atoms. The van der Waals surface area contributed by atoms with Crippen LogP contribution in [0.2, 0.25) is 0 Å². The van der Waals surface area contributed by atoms with Crippen LogP contribution in [-0.4, -0.2) is 43.4 Å². The highest BCUT2D eigenvalue weighted by molar-refractivity contribution is 7.98. The van der Waals surface area contributed by atoms with Crippen molar-refractivity contribution in [1.82, 2.24) is 25.2 Å². The molecule has 0 fully saturated rings. The number of pyridine rings is 1. The lowest BCUT2D eigenvalue weighted by molar-refractivity contribution is -0.138. The molecule has 2 aromatic rings. The summed E-state index contributed by atoms with van der Waals surface area (Å²) in [5.74, 6) is 0.351. The molecule has 2 rings (SSSR count). The van der Waals surface area contributed by atoms with E-state index in [2.05, 4.69) is 20.5 Å². The molecule has 2 aromatic heterocycles. The Labute approximate surface area is 125 Å². The fraction of sp³-hybridized carbons (Fsp3) is 0.417. The largest absolute Gasteiger partial charge is 0.496 e. The summed E-state index contributed by atoms with van der Waals surface area (Å²) >= 11 is 1.33. The number of rotatable bonds is 6. The highest BCUT2D eigenvalue weighted by atomic mass is 32.2. The van der Waals surface area contributed by atoms with Gasteiger partial charge in [0, 0.05) is 23.1 Å². The molecular formula is C12H15N5O3S. The number of methoxy groups -OCH3 is 1. The molecule has 9 heteroatoms. The maximum Gasteiger partial charge on any atom is 0.325 e. The number of tetrazole rings is 1. The van der Waals surface area contributed by atoms with E-state index in [-0.39, 0.29) is 6.54 Å². The number of ether oxygens (including phenoxy) is 1. The van der Waals surface area contributed by atoms with Crippen LogP contribution in [0.3, 0.4) is 0 Å². The molecule has 0 unspecified atom stereocenters. The summed E-state index contributed by atoms with van der Waals surface area (Å²) in [5.41, 5.74) is 2.79. The second-order valence-corrected chi connectivity index (χ2v) is 5.29. The van der Waals surface area contributed by atoms with E-state index in [4.69, 9.17) is 9.84 Å². The predicted octanol–water partition coefficient (Wildman–Crippen LogP) is 1.07. The Morgan fingerprint density at radius 3 is 2.90 bits per heavy atom. The van der Waals surface area contributed by atoms with Crippen LogP contribution < -0.4 is 4.74 Å². The van der Waals surface area contributed by atoms with Gasteiger partial charge in [0.05, 0.1) is 12.8 Å². The summed E-state index contributed by atoms with van der Waals surface area (Å²) in [6.45, 7) is 3.61. The number of carbonyl (C=O) groups is 1. The average Bonchev–Trinajstić information content (AvgIpc) is 2.85. The molecule has 0 saturated heterocycles. The summed E-state index contributed by atoms with van der Waals surface area (Å²) in [5, 5.41) is 20.2. The quantitative estimate of drug-likeness (QED) is 0.790. The van der Waals surface area contributed by atoms with E-state index in [1.165, 1.54) is 16.4 Å². The number of carboxylic acids is 1. The van der Waals surface area contributed by atoms with E-state index < -0.39 is 5.97 Å². The Morgan fingerprint density at radius 2 is 2.24 bits per heavy atom. The first-order valence-corrected chi connectivity index (χ1v) is 7.11. The maximum atomic E-state index is 10.7. The lowest BCUT2D eigenvalue weighted by Crippen LogP contribution is -2.11. The molecule has 0 saturated carbocycles. The van der Waals surface area contributed by atoms with Crippen LogP contribution in [0.25, 0.3) is 0 Å². The van der Waals surface area contributed by atoms with Gasteiger partial charge in [-0.1, -0.05) is 11.8 Å². The van der Waals surface area contributed by atoms with Crippen LogP contribution in [0.1, 0.15) is 16.8 Å². The van der Waals surface area contributed by atoms with Gasteiger partial charge in [-0.2, -0.15) is 0 Å². The number of aryl methyl sites for hydroxylation is 1. The maximum absolute atomic E-state index is 10.7. The molecule has 0 aliphatic carbocycles. The van der Waals surface area contributed by atoms with Crippen LogP contribution >= 0.6 is 11.8 Å². The minimum Gasteiger partial charge on any atom is -0.496 e. The first-order valence-electron chi connectivity index (χ1n) is 6.12. The first-order chi connectivity index (χ1) is 10.0. The lowest BCUT2D eigenvalue weighted by Gasteiger charge is -2.11. The van der Waals surface area contributed by atoms with Crippen molar-refractivity contribution in [3.63, 3.8) is 0 Å². The summed E-state index contributed by atoms with van der Waals surface area (Å²) in [4.78, 5) is 15.1. The molecular weight excluding hydrogens is 294 g/mol. The molecule has 0 radical (unpaired) electrons. The van der Waals surface area contributed by atoms with Crippen LogP contribution in [0.4, 0.5) is 0 Å². The van der Waals surface area contributed by atoms with Crippen molar-refractivity contribution in [1.29, 1.82) is 0 Å². The number of nitrogens with zero attached hydrogens (tertiary/aromatic N) is 5. The number of thioether (sulfide) groups is 1. The van der Waals surface area contributed by atoms with Crippen LogP contribution in [0, 0.1) is 13.8 Å². The van der Waals surface area contributed by atoms with E-state index in [1.807, 2.05) is 13.8 Å². The number of hydrogen-bond donors (Lipinski definition) is 1. The van der Waals surface area contributed by atoms with E-state index in [1.54, 1.807) is 13.3 Å². The summed E-state index contributed by atoms with van der Waals surface area (Å²) in [6, 6.07) is 0. The SMILES string of the molecule is COc1c(C)cnc(CSc2nnnn2CC(=O)O)c1C. The van der Waals surface area contributed by atoms with Crippen molar-refractivity contribution in [2.24, 2.45) is 0 Å². The van der Waals surface area contributed by atoms with Gasteiger partial charge < -0.3 is 9.84 Å². The lowest BCUT2D eigenvalue weighted by atomic mass is 10.1. The third kappa shape index (κ3) is 3.48. The molecule has 112 valence electrons. The highest BCUT2D eigenvalue weighted by Gasteiger charge is 2.13. The Morgan fingerprint density at radius 1 is 1.48 bits per heavy atom. The fourth-order valence-electron chi connectivity index (χ4n) is 1.88. The average molecular weight is 309 g/mol. The third-order valence-electron chi connectivity index (χ3n) is 2.87. The molecule has 1 N–H and O–H groups in total. The molecule has 21 heavy (non-hydrogen) atoms. The van der Waals surface area contributed by atoms with Crippen LogP contribution in [0.5, 0.6) is 5.75 Å². The molecule has 0 amide bonds. The normalized spacial score (nSPS) is 10.6. The van der Waals surface area contributed by atoms with Gasteiger partial charge in [-0.25, -0.2) is 4.68 Å². The van der Waals surface area contributed by atoms with Gasteiger partial charge >= 0.3 is 5.97 Å². The Balaban J connectivity index is 2.14. The van der Waals surface area contributed by atoms with Gasteiger partial charge in [0.25, 0.3) is 0 Å². The topological polar surface area (TPSA) is 103 Å². The van der Waals surface area contributed by atoms with Gasteiger partial charge in [-0.05, 0) is 24.3 Å². The number of aromatic nitrogens is 5. The third-order valence-corrected chi connectivity index (χ3v) is 3.84. The van der Waals surface area contributed by atoms with E-state index in [0.29, 0.717) is 10.9 Å². The van der Waals surface area contributed by atoms with Crippen LogP contribution in [-0.2, 0) is 17.1 Å². The molecule has 0 aliphatic rings. The second kappa shape index (κ2) is 6.53.